The Labute approximate surface area is 213 Å². The molecule has 186 valence electrons. The van der Waals surface area contributed by atoms with Crippen LogP contribution in [0.1, 0.15) is 71.1 Å². The molecule has 0 saturated heterocycles. The third kappa shape index (κ3) is 7.86. The lowest BCUT2D eigenvalue weighted by Gasteiger charge is -2.31. The van der Waals surface area contributed by atoms with Gasteiger partial charge in [0.15, 0.2) is 6.61 Å². The Morgan fingerprint density at radius 3 is 2.24 bits per heavy atom. The number of rotatable bonds is 10. The van der Waals surface area contributed by atoms with Crippen molar-refractivity contribution >= 4 is 27.7 Å². The largest absolute Gasteiger partial charge is 0.483 e. The second-order valence-electron chi connectivity index (χ2n) is 9.93. The molecule has 0 spiro atoms. The first-order valence-electron chi connectivity index (χ1n) is 12.0. The molecule has 2 aromatic carbocycles. The summed E-state index contributed by atoms with van der Waals surface area (Å²) in [5, 5.41) is 3.03. The van der Waals surface area contributed by atoms with Gasteiger partial charge in [-0.2, -0.15) is 0 Å². The summed E-state index contributed by atoms with van der Waals surface area (Å²) in [6, 6.07) is 13.4. The Bertz CT molecular complexity index is 967. The summed E-state index contributed by atoms with van der Waals surface area (Å²) in [5.41, 5.74) is 3.31. The molecular weight excluding hydrogens is 492 g/mol. The number of hydrogen-bond donors (Lipinski definition) is 1. The summed E-state index contributed by atoms with van der Waals surface area (Å²) in [4.78, 5) is 28.1. The van der Waals surface area contributed by atoms with E-state index in [1.54, 1.807) is 4.90 Å². The van der Waals surface area contributed by atoms with E-state index in [2.05, 4.69) is 42.0 Å². The van der Waals surface area contributed by atoms with E-state index in [1.807, 2.05) is 70.2 Å². The number of benzene rings is 2. The van der Waals surface area contributed by atoms with Crippen LogP contribution in [0.5, 0.6) is 5.75 Å². The average molecular weight is 532 g/mol. The monoisotopic (exact) mass is 530 g/mol. The van der Waals surface area contributed by atoms with E-state index in [1.165, 1.54) is 5.56 Å². The van der Waals surface area contributed by atoms with Gasteiger partial charge in [0.2, 0.25) is 5.91 Å². The smallest absolute Gasteiger partial charge is 0.261 e. The Kier molecular flexibility index (Phi) is 10.2. The van der Waals surface area contributed by atoms with Crippen LogP contribution in [0.4, 0.5) is 0 Å². The highest BCUT2D eigenvalue weighted by Crippen LogP contribution is 2.31. The van der Waals surface area contributed by atoms with Crippen molar-refractivity contribution in [3.05, 3.63) is 63.6 Å². The van der Waals surface area contributed by atoms with Crippen LogP contribution >= 0.6 is 15.9 Å². The molecule has 2 unspecified atom stereocenters. The standard InChI is InChI=1S/C28H39BrN2O3/c1-8-20(4)30-27(33)24(9-2)31(17-21-12-10-19(3)11-13-21)26(32)18-34-25-15-14-22(16-23(25)29)28(5,6)7/h10-16,20,24H,8-9,17-18H2,1-7H3,(H,30,33). The fourth-order valence-electron chi connectivity index (χ4n) is 3.56. The van der Waals surface area contributed by atoms with E-state index in [-0.39, 0.29) is 29.9 Å². The second kappa shape index (κ2) is 12.4. The van der Waals surface area contributed by atoms with Crippen molar-refractivity contribution in [2.24, 2.45) is 0 Å². The van der Waals surface area contributed by atoms with Gasteiger partial charge in [0, 0.05) is 12.6 Å². The average Bonchev–Trinajstić information content (AvgIpc) is 2.78. The predicted molar refractivity (Wildman–Crippen MR) is 142 cm³/mol. The number of ether oxygens (including phenoxy) is 1. The van der Waals surface area contributed by atoms with Gasteiger partial charge in [-0.05, 0) is 71.3 Å². The van der Waals surface area contributed by atoms with Crippen LogP contribution in [0, 0.1) is 6.92 Å². The highest BCUT2D eigenvalue weighted by Gasteiger charge is 2.29. The number of aryl methyl sites for hydroxylation is 1. The third-order valence-electron chi connectivity index (χ3n) is 6.01. The Morgan fingerprint density at radius 1 is 1.06 bits per heavy atom. The first-order valence-corrected chi connectivity index (χ1v) is 12.8. The normalized spacial score (nSPS) is 13.2. The highest BCUT2D eigenvalue weighted by atomic mass is 79.9. The number of hydrogen-bond acceptors (Lipinski definition) is 3. The number of halogens is 1. The van der Waals surface area contributed by atoms with Crippen molar-refractivity contribution in [2.75, 3.05) is 6.61 Å². The quantitative estimate of drug-likeness (QED) is 0.400. The van der Waals surface area contributed by atoms with Crippen LogP contribution < -0.4 is 10.1 Å². The molecule has 6 heteroatoms. The number of nitrogens with zero attached hydrogens (tertiary/aromatic N) is 1. The summed E-state index contributed by atoms with van der Waals surface area (Å²) < 4.78 is 6.72. The minimum atomic E-state index is -0.571. The van der Waals surface area contributed by atoms with E-state index in [4.69, 9.17) is 4.74 Å². The molecule has 0 heterocycles. The molecule has 0 aliphatic rings. The molecule has 1 N–H and O–H groups in total. The van der Waals surface area contributed by atoms with Gasteiger partial charge in [-0.3, -0.25) is 9.59 Å². The van der Waals surface area contributed by atoms with Gasteiger partial charge in [-0.15, -0.1) is 0 Å². The first kappa shape index (κ1) is 27.9. The highest BCUT2D eigenvalue weighted by molar-refractivity contribution is 9.10. The van der Waals surface area contributed by atoms with Crippen molar-refractivity contribution in [3.8, 4) is 5.75 Å². The zero-order valence-corrected chi connectivity index (χ0v) is 23.2. The summed E-state index contributed by atoms with van der Waals surface area (Å²) in [5.74, 6) is 0.250. The van der Waals surface area contributed by atoms with E-state index < -0.39 is 6.04 Å². The van der Waals surface area contributed by atoms with Crippen molar-refractivity contribution in [1.82, 2.24) is 10.2 Å². The first-order chi connectivity index (χ1) is 16.0. The lowest BCUT2D eigenvalue weighted by Crippen LogP contribution is -2.51. The SMILES string of the molecule is CCC(C)NC(=O)C(CC)N(Cc1ccc(C)cc1)C(=O)COc1ccc(C(C)(C)C)cc1Br. The lowest BCUT2D eigenvalue weighted by atomic mass is 9.87. The van der Waals surface area contributed by atoms with Crippen LogP contribution in [-0.4, -0.2) is 35.4 Å². The number of carbonyl (C=O) groups is 2. The summed E-state index contributed by atoms with van der Waals surface area (Å²) in [6.45, 7) is 14.6. The van der Waals surface area contributed by atoms with Gasteiger partial charge in [0.25, 0.3) is 5.91 Å². The molecule has 0 aliphatic carbocycles. The molecule has 5 nitrogen and oxygen atoms in total. The summed E-state index contributed by atoms with van der Waals surface area (Å²) >= 11 is 3.57. The van der Waals surface area contributed by atoms with Gasteiger partial charge in [-0.25, -0.2) is 0 Å². The van der Waals surface area contributed by atoms with Crippen molar-refractivity contribution in [3.63, 3.8) is 0 Å². The fraction of sp³-hybridized carbons (Fsp3) is 0.500. The van der Waals surface area contributed by atoms with Gasteiger partial charge >= 0.3 is 0 Å². The summed E-state index contributed by atoms with van der Waals surface area (Å²) in [6.07, 6.45) is 1.35. The van der Waals surface area contributed by atoms with Crippen molar-refractivity contribution in [2.45, 2.75) is 85.4 Å². The number of amides is 2. The van der Waals surface area contributed by atoms with Crippen molar-refractivity contribution in [1.29, 1.82) is 0 Å². The molecule has 34 heavy (non-hydrogen) atoms. The Morgan fingerprint density at radius 2 is 1.71 bits per heavy atom. The summed E-state index contributed by atoms with van der Waals surface area (Å²) in [7, 11) is 0. The Hall–Kier alpha value is -2.34. The number of nitrogens with one attached hydrogen (secondary N) is 1. The zero-order valence-electron chi connectivity index (χ0n) is 21.6. The molecule has 2 atom stereocenters. The van der Waals surface area contributed by atoms with E-state index >= 15 is 0 Å². The minimum Gasteiger partial charge on any atom is -0.483 e. The molecule has 0 bridgehead atoms. The Balaban J connectivity index is 2.24. The van der Waals surface area contributed by atoms with E-state index in [9.17, 15) is 9.59 Å². The van der Waals surface area contributed by atoms with Gasteiger partial charge in [-0.1, -0.05) is 70.5 Å². The van der Waals surface area contributed by atoms with Gasteiger partial charge in [0.1, 0.15) is 11.8 Å². The van der Waals surface area contributed by atoms with Crippen LogP contribution in [0.15, 0.2) is 46.9 Å². The van der Waals surface area contributed by atoms with Gasteiger partial charge < -0.3 is 15.0 Å². The second-order valence-corrected chi connectivity index (χ2v) is 10.8. The lowest BCUT2D eigenvalue weighted by molar-refractivity contribution is -0.143. The van der Waals surface area contributed by atoms with Crippen LogP contribution in [0.2, 0.25) is 0 Å². The van der Waals surface area contributed by atoms with Crippen molar-refractivity contribution < 1.29 is 14.3 Å². The zero-order chi connectivity index (χ0) is 25.5. The van der Waals surface area contributed by atoms with Crippen LogP contribution in [0.25, 0.3) is 0 Å². The van der Waals surface area contributed by atoms with Gasteiger partial charge in [0.05, 0.1) is 4.47 Å². The molecule has 0 aliphatic heterocycles. The van der Waals surface area contributed by atoms with Crippen LogP contribution in [0.3, 0.4) is 0 Å². The van der Waals surface area contributed by atoms with Crippen LogP contribution in [-0.2, 0) is 21.5 Å². The maximum atomic E-state index is 13.4. The maximum Gasteiger partial charge on any atom is 0.261 e. The topological polar surface area (TPSA) is 58.6 Å². The maximum absolute atomic E-state index is 13.4. The molecule has 0 radical (unpaired) electrons. The fourth-order valence-corrected chi connectivity index (χ4v) is 4.05. The molecule has 0 saturated carbocycles. The molecule has 2 amide bonds. The molecular formula is C28H39BrN2O3. The number of carbonyl (C=O) groups excluding carboxylic acids is 2. The predicted octanol–water partition coefficient (Wildman–Crippen LogP) is 6.16. The molecule has 0 fully saturated rings. The minimum absolute atomic E-state index is 0.0129. The molecule has 2 aromatic rings. The molecule has 0 aromatic heterocycles. The molecule has 2 rings (SSSR count). The van der Waals surface area contributed by atoms with E-state index in [0.29, 0.717) is 18.7 Å². The third-order valence-corrected chi connectivity index (χ3v) is 6.63. The van der Waals surface area contributed by atoms with E-state index in [0.717, 1.165) is 22.0 Å².